The quantitative estimate of drug-likeness (QED) is 0.0914. The second kappa shape index (κ2) is 18.3. The number of nitrogens with one attached hydrogen (secondary N) is 4. The van der Waals surface area contributed by atoms with Gasteiger partial charge in [-0.1, -0.05) is 96.8 Å². The van der Waals surface area contributed by atoms with Gasteiger partial charge in [-0.15, -0.1) is 0 Å². The summed E-state index contributed by atoms with van der Waals surface area (Å²) in [5.74, 6) is 8.10. The summed E-state index contributed by atoms with van der Waals surface area (Å²) in [6.45, 7) is 2.16. The molecule has 0 spiro atoms. The minimum Gasteiger partial charge on any atom is -0.453 e. The Bertz CT molecular complexity index is 2560. The van der Waals surface area contributed by atoms with Gasteiger partial charge in [0.1, 0.15) is 17.7 Å². The Hall–Kier alpha value is -6.97. The first-order chi connectivity index (χ1) is 30.4. The molecule has 12 heteroatoms. The Morgan fingerprint density at radius 2 is 1.24 bits per heavy atom. The van der Waals surface area contributed by atoms with Crippen LogP contribution in [0.15, 0.2) is 122 Å². The lowest BCUT2D eigenvalue weighted by Gasteiger charge is -2.28. The summed E-state index contributed by atoms with van der Waals surface area (Å²) in [6, 6.07) is 34.7. The van der Waals surface area contributed by atoms with Crippen LogP contribution in [-0.2, 0) is 14.3 Å². The molecule has 4 aromatic carbocycles. The molecule has 4 atom stereocenters. The first kappa shape index (κ1) is 40.4. The summed E-state index contributed by atoms with van der Waals surface area (Å²) in [6.07, 6.45) is 8.69. The van der Waals surface area contributed by atoms with Crippen LogP contribution in [0.3, 0.4) is 0 Å². The molecular weight excluding hydrogens is 777 g/mol. The van der Waals surface area contributed by atoms with Gasteiger partial charge in [0.2, 0.25) is 11.8 Å². The molecule has 2 aliphatic heterocycles. The molecule has 1 aliphatic carbocycles. The number of H-pyrrole nitrogens is 2. The maximum absolute atomic E-state index is 14.1. The van der Waals surface area contributed by atoms with Crippen molar-refractivity contribution in [3.05, 3.63) is 155 Å². The molecule has 2 saturated heterocycles. The first-order valence-corrected chi connectivity index (χ1v) is 21.5. The van der Waals surface area contributed by atoms with E-state index in [9.17, 15) is 14.4 Å². The summed E-state index contributed by atoms with van der Waals surface area (Å²) in [4.78, 5) is 59.9. The van der Waals surface area contributed by atoms with Gasteiger partial charge in [-0.3, -0.25) is 14.5 Å². The number of alkyl carbamates (subject to hydrolysis) is 1. The van der Waals surface area contributed by atoms with Crippen molar-refractivity contribution in [2.45, 2.75) is 62.7 Å². The smallest absolute Gasteiger partial charge is 0.407 e. The number of hydrogen-bond donors (Lipinski definition) is 4. The number of hydrogen-bond acceptors (Lipinski definition) is 7. The summed E-state index contributed by atoms with van der Waals surface area (Å²) >= 11 is 0. The molecule has 3 fully saturated rings. The number of amides is 3. The van der Waals surface area contributed by atoms with Gasteiger partial charge < -0.3 is 30.2 Å². The number of imidazole rings is 2. The zero-order valence-corrected chi connectivity index (χ0v) is 34.7. The Balaban J connectivity index is 0.823. The van der Waals surface area contributed by atoms with Crippen molar-refractivity contribution in [3.63, 3.8) is 0 Å². The van der Waals surface area contributed by atoms with Crippen molar-refractivity contribution >= 4 is 17.9 Å². The highest BCUT2D eigenvalue weighted by Crippen LogP contribution is 2.36. The molecule has 0 bridgehead atoms. The molecule has 4 heterocycles. The number of aromatic amines is 2. The van der Waals surface area contributed by atoms with Crippen LogP contribution in [0.25, 0.3) is 22.5 Å². The fourth-order valence-electron chi connectivity index (χ4n) is 8.65. The highest BCUT2D eigenvalue weighted by molar-refractivity contribution is 5.90. The molecule has 9 rings (SSSR count). The number of methoxy groups -OCH3 is 1. The van der Waals surface area contributed by atoms with E-state index in [2.05, 4.69) is 49.5 Å². The largest absolute Gasteiger partial charge is 0.453 e. The Kier molecular flexibility index (Phi) is 12.0. The molecule has 12 nitrogen and oxygen atoms in total. The van der Waals surface area contributed by atoms with E-state index in [1.165, 1.54) is 7.11 Å². The molecular formula is C50H50N8O4. The first-order valence-electron chi connectivity index (χ1n) is 21.5. The molecule has 3 aliphatic rings. The van der Waals surface area contributed by atoms with Crippen LogP contribution in [0.2, 0.25) is 0 Å². The molecule has 3 amide bonds. The SMILES string of the molecule is COC(=O)NC(CN1CCCC1c1ncc(-c2ccc(C#Cc3ccc(-c4cnc(C5CCCN5C(=O)C(NC(=O)C5CC5)c5ccccc5)[nH]4)cc3)cc2)[nH]1)c1ccccc1. The van der Waals surface area contributed by atoms with Crippen molar-refractivity contribution in [1.82, 2.24) is 40.4 Å². The van der Waals surface area contributed by atoms with Crippen LogP contribution in [0.1, 0.15) is 96.6 Å². The minimum absolute atomic E-state index is 0.00435. The van der Waals surface area contributed by atoms with Gasteiger partial charge in [-0.05, 0) is 91.6 Å². The van der Waals surface area contributed by atoms with Gasteiger partial charge in [0.25, 0.3) is 0 Å². The molecule has 62 heavy (non-hydrogen) atoms. The summed E-state index contributed by atoms with van der Waals surface area (Å²) < 4.78 is 4.93. The number of carbonyl (C=O) groups excluding carboxylic acids is 3. The maximum Gasteiger partial charge on any atom is 0.407 e. The monoisotopic (exact) mass is 826 g/mol. The van der Waals surface area contributed by atoms with E-state index < -0.39 is 12.1 Å². The predicted octanol–water partition coefficient (Wildman–Crippen LogP) is 8.03. The summed E-state index contributed by atoms with van der Waals surface area (Å²) in [5.41, 5.74) is 7.42. The van der Waals surface area contributed by atoms with E-state index in [0.717, 1.165) is 101 Å². The fourth-order valence-corrected chi connectivity index (χ4v) is 8.65. The van der Waals surface area contributed by atoms with E-state index in [1.54, 1.807) is 0 Å². The molecule has 0 radical (unpaired) electrons. The van der Waals surface area contributed by atoms with E-state index >= 15 is 0 Å². The minimum atomic E-state index is -0.727. The van der Waals surface area contributed by atoms with Crippen molar-refractivity contribution in [1.29, 1.82) is 0 Å². The van der Waals surface area contributed by atoms with Crippen molar-refractivity contribution < 1.29 is 19.1 Å². The number of ether oxygens (including phenoxy) is 1. The second-order valence-electron chi connectivity index (χ2n) is 16.3. The summed E-state index contributed by atoms with van der Waals surface area (Å²) in [5, 5.41) is 6.05. The van der Waals surface area contributed by atoms with Gasteiger partial charge in [0.05, 0.1) is 49.0 Å². The van der Waals surface area contributed by atoms with Gasteiger partial charge >= 0.3 is 6.09 Å². The molecule has 1 saturated carbocycles. The van der Waals surface area contributed by atoms with Gasteiger partial charge in [-0.25, -0.2) is 14.8 Å². The van der Waals surface area contributed by atoms with Crippen LogP contribution in [0.4, 0.5) is 4.79 Å². The van der Waals surface area contributed by atoms with Crippen molar-refractivity contribution in [2.24, 2.45) is 5.92 Å². The Morgan fingerprint density at radius 3 is 1.82 bits per heavy atom. The lowest BCUT2D eigenvalue weighted by atomic mass is 10.0. The standard InChI is InChI=1S/C50H50N8O4/c1-62-50(61)55-42(35-10-4-2-5-11-35)32-57-28-8-14-43(57)46-51-30-40(53-46)36-22-18-33(19-23-36)16-17-34-20-24-37(25-21-34)41-31-52-47(54-41)44-15-9-29-58(44)49(60)45(38-12-6-3-7-13-38)56-48(59)39-26-27-39/h2-7,10-13,18-25,30-31,39,42-45H,8-9,14-15,26-29,32H2,1H3,(H,51,53)(H,52,54)(H,55,61)(H,56,59). The molecule has 2 aromatic heterocycles. The molecule has 314 valence electrons. The highest BCUT2D eigenvalue weighted by Gasteiger charge is 2.39. The van der Waals surface area contributed by atoms with E-state index in [4.69, 9.17) is 14.7 Å². The lowest BCUT2D eigenvalue weighted by molar-refractivity contribution is -0.137. The maximum atomic E-state index is 14.1. The highest BCUT2D eigenvalue weighted by atomic mass is 16.5. The molecule has 4 unspecified atom stereocenters. The number of aromatic nitrogens is 4. The third-order valence-electron chi connectivity index (χ3n) is 12.2. The number of likely N-dealkylation sites (tertiary alicyclic amines) is 2. The number of nitrogens with zero attached hydrogens (tertiary/aromatic N) is 4. The van der Waals surface area contributed by atoms with Crippen LogP contribution in [-0.4, -0.2) is 74.4 Å². The Labute approximate surface area is 361 Å². The van der Waals surface area contributed by atoms with E-state index in [-0.39, 0.29) is 35.9 Å². The third kappa shape index (κ3) is 9.18. The van der Waals surface area contributed by atoms with E-state index in [0.29, 0.717) is 13.1 Å². The fraction of sp³-hybridized carbons (Fsp3) is 0.300. The van der Waals surface area contributed by atoms with Crippen molar-refractivity contribution in [2.75, 3.05) is 26.7 Å². The number of carbonyl (C=O) groups is 3. The van der Waals surface area contributed by atoms with E-state index in [1.807, 2.05) is 114 Å². The zero-order valence-electron chi connectivity index (χ0n) is 34.7. The molecule has 6 aromatic rings. The average Bonchev–Trinajstić information content (AvgIpc) is 3.73. The van der Waals surface area contributed by atoms with Gasteiger partial charge in [0.15, 0.2) is 0 Å². The zero-order chi connectivity index (χ0) is 42.4. The lowest BCUT2D eigenvalue weighted by Crippen LogP contribution is -2.43. The van der Waals surface area contributed by atoms with Crippen LogP contribution < -0.4 is 10.6 Å². The topological polar surface area (TPSA) is 148 Å². The summed E-state index contributed by atoms with van der Waals surface area (Å²) in [7, 11) is 1.39. The number of rotatable bonds is 12. The van der Waals surface area contributed by atoms with Crippen molar-refractivity contribution in [3.8, 4) is 34.4 Å². The van der Waals surface area contributed by atoms with Crippen LogP contribution in [0.5, 0.6) is 0 Å². The normalized spacial score (nSPS) is 18.4. The van der Waals surface area contributed by atoms with Crippen LogP contribution in [0, 0.1) is 17.8 Å². The van der Waals surface area contributed by atoms with Gasteiger partial charge in [-0.2, -0.15) is 0 Å². The second-order valence-corrected chi connectivity index (χ2v) is 16.3. The third-order valence-corrected chi connectivity index (χ3v) is 12.2. The predicted molar refractivity (Wildman–Crippen MR) is 236 cm³/mol. The molecule has 4 N–H and O–H groups in total. The van der Waals surface area contributed by atoms with Gasteiger partial charge in [0, 0.05) is 30.1 Å². The Morgan fingerprint density at radius 1 is 0.694 bits per heavy atom. The number of benzene rings is 4. The average molecular weight is 827 g/mol. The van der Waals surface area contributed by atoms with Crippen LogP contribution >= 0.6 is 0 Å².